The number of alkyl halides is 1. The summed E-state index contributed by atoms with van der Waals surface area (Å²) < 4.78 is 12.8. The zero-order valence-corrected chi connectivity index (χ0v) is 11.2. The van der Waals surface area contributed by atoms with E-state index in [1.54, 1.807) is 6.07 Å². The smallest absolute Gasteiger partial charge is 0.124 e. The zero-order chi connectivity index (χ0) is 12.1. The molecule has 0 amide bonds. The van der Waals surface area contributed by atoms with E-state index in [9.17, 15) is 4.39 Å². The van der Waals surface area contributed by atoms with Crippen LogP contribution < -0.4 is 0 Å². The third-order valence-electron chi connectivity index (χ3n) is 2.47. The highest BCUT2D eigenvalue weighted by atomic mass is 35.5. The van der Waals surface area contributed by atoms with Crippen LogP contribution in [0.2, 0.25) is 5.02 Å². The van der Waals surface area contributed by atoms with Crippen molar-refractivity contribution in [1.82, 2.24) is 0 Å². The van der Waals surface area contributed by atoms with E-state index in [1.807, 2.05) is 0 Å². The van der Waals surface area contributed by atoms with Crippen molar-refractivity contribution in [3.05, 3.63) is 34.6 Å². The lowest BCUT2D eigenvalue weighted by atomic mass is 10.0. The second-order valence-electron chi connectivity index (χ2n) is 4.50. The van der Waals surface area contributed by atoms with Gasteiger partial charge in [0.05, 0.1) is 0 Å². The maximum atomic E-state index is 12.8. The monoisotopic (exact) mass is 262 g/mol. The minimum absolute atomic E-state index is 0.168. The van der Waals surface area contributed by atoms with Gasteiger partial charge in [-0.05, 0) is 42.9 Å². The third-order valence-corrected chi connectivity index (χ3v) is 3.22. The van der Waals surface area contributed by atoms with Crippen molar-refractivity contribution in [3.63, 3.8) is 0 Å². The Bertz CT molecular complexity index is 337. The number of rotatable bonds is 5. The Kier molecular flexibility index (Phi) is 5.57. The summed E-state index contributed by atoms with van der Waals surface area (Å²) in [5.41, 5.74) is 0.970. The average Bonchev–Trinajstić information content (AvgIpc) is 2.15. The topological polar surface area (TPSA) is 0 Å². The number of hydrogen-bond acceptors (Lipinski definition) is 0. The number of benzene rings is 1. The molecule has 1 unspecified atom stereocenters. The van der Waals surface area contributed by atoms with Gasteiger partial charge in [0.15, 0.2) is 0 Å². The van der Waals surface area contributed by atoms with Crippen LogP contribution in [-0.4, -0.2) is 5.38 Å². The summed E-state index contributed by atoms with van der Waals surface area (Å²) >= 11 is 12.1. The second kappa shape index (κ2) is 6.46. The van der Waals surface area contributed by atoms with E-state index in [0.717, 1.165) is 24.8 Å². The largest absolute Gasteiger partial charge is 0.207 e. The standard InChI is InChI=1S/C13H17Cl2F/c1-9(2)7-11(14)5-3-10-4-6-12(16)8-13(10)15/h4,6,8-9,11H,3,5,7H2,1-2H3. The predicted molar refractivity (Wildman–Crippen MR) is 68.8 cm³/mol. The van der Waals surface area contributed by atoms with Crippen LogP contribution in [0.3, 0.4) is 0 Å². The second-order valence-corrected chi connectivity index (χ2v) is 5.53. The van der Waals surface area contributed by atoms with Gasteiger partial charge in [-0.15, -0.1) is 11.6 Å². The normalized spacial score (nSPS) is 13.1. The number of hydrogen-bond donors (Lipinski definition) is 0. The van der Waals surface area contributed by atoms with Crippen molar-refractivity contribution >= 4 is 23.2 Å². The van der Waals surface area contributed by atoms with Crippen molar-refractivity contribution in [1.29, 1.82) is 0 Å². The number of aryl methyl sites for hydroxylation is 1. The Hall–Kier alpha value is -0.270. The van der Waals surface area contributed by atoms with Gasteiger partial charge in [-0.2, -0.15) is 0 Å². The maximum Gasteiger partial charge on any atom is 0.124 e. The summed E-state index contributed by atoms with van der Waals surface area (Å²) in [6.07, 6.45) is 2.69. The molecule has 0 aromatic heterocycles. The molecule has 3 heteroatoms. The van der Waals surface area contributed by atoms with Gasteiger partial charge in [0, 0.05) is 10.4 Å². The Labute approximate surface area is 107 Å². The Morgan fingerprint density at radius 2 is 2.00 bits per heavy atom. The third kappa shape index (κ3) is 4.71. The summed E-state index contributed by atoms with van der Waals surface area (Å²) in [5, 5.41) is 0.662. The minimum Gasteiger partial charge on any atom is -0.207 e. The zero-order valence-electron chi connectivity index (χ0n) is 9.64. The molecular formula is C13H17Cl2F. The Balaban J connectivity index is 2.48. The lowest BCUT2D eigenvalue weighted by Crippen LogP contribution is -2.05. The van der Waals surface area contributed by atoms with E-state index in [2.05, 4.69) is 13.8 Å². The lowest BCUT2D eigenvalue weighted by molar-refractivity contribution is 0.544. The molecule has 0 heterocycles. The first-order valence-electron chi connectivity index (χ1n) is 5.57. The molecule has 0 aliphatic heterocycles. The Morgan fingerprint density at radius 1 is 1.31 bits per heavy atom. The fraction of sp³-hybridized carbons (Fsp3) is 0.538. The van der Waals surface area contributed by atoms with Gasteiger partial charge in [-0.3, -0.25) is 0 Å². The molecule has 0 bridgehead atoms. The molecule has 0 aliphatic carbocycles. The van der Waals surface area contributed by atoms with Crippen molar-refractivity contribution in [3.8, 4) is 0 Å². The first kappa shape index (κ1) is 13.8. The molecule has 0 N–H and O–H groups in total. The highest BCUT2D eigenvalue weighted by molar-refractivity contribution is 6.31. The van der Waals surface area contributed by atoms with Crippen molar-refractivity contribution in [2.45, 2.75) is 38.5 Å². The summed E-state index contributed by atoms with van der Waals surface area (Å²) in [6, 6.07) is 4.52. The molecule has 90 valence electrons. The molecule has 0 nitrogen and oxygen atoms in total. The van der Waals surface area contributed by atoms with Gasteiger partial charge in [0.25, 0.3) is 0 Å². The van der Waals surface area contributed by atoms with Crippen LogP contribution in [-0.2, 0) is 6.42 Å². The fourth-order valence-corrected chi connectivity index (χ4v) is 2.39. The molecule has 1 aromatic carbocycles. The van der Waals surface area contributed by atoms with Gasteiger partial charge < -0.3 is 0 Å². The van der Waals surface area contributed by atoms with Crippen molar-refractivity contribution in [2.75, 3.05) is 0 Å². The molecule has 1 aromatic rings. The van der Waals surface area contributed by atoms with E-state index in [0.29, 0.717) is 10.9 Å². The van der Waals surface area contributed by atoms with Gasteiger partial charge in [0.2, 0.25) is 0 Å². The van der Waals surface area contributed by atoms with Crippen LogP contribution in [0.4, 0.5) is 4.39 Å². The number of halogens is 3. The van der Waals surface area contributed by atoms with Crippen molar-refractivity contribution < 1.29 is 4.39 Å². The summed E-state index contributed by atoms with van der Waals surface area (Å²) in [4.78, 5) is 0. The SMILES string of the molecule is CC(C)CC(Cl)CCc1ccc(F)cc1Cl. The highest BCUT2D eigenvalue weighted by Crippen LogP contribution is 2.22. The molecule has 1 rings (SSSR count). The van der Waals surface area contributed by atoms with Crippen LogP contribution in [0.1, 0.15) is 32.3 Å². The highest BCUT2D eigenvalue weighted by Gasteiger charge is 2.09. The maximum absolute atomic E-state index is 12.8. The van der Waals surface area contributed by atoms with Gasteiger partial charge in [-0.1, -0.05) is 31.5 Å². The molecule has 0 saturated carbocycles. The summed E-state index contributed by atoms with van der Waals surface area (Å²) in [7, 11) is 0. The first-order valence-corrected chi connectivity index (χ1v) is 6.38. The van der Waals surface area contributed by atoms with Gasteiger partial charge in [0.1, 0.15) is 5.82 Å². The molecule has 16 heavy (non-hydrogen) atoms. The first-order chi connectivity index (χ1) is 7.49. The molecule has 0 saturated heterocycles. The average molecular weight is 263 g/mol. The molecule has 0 aliphatic rings. The molecular weight excluding hydrogens is 246 g/mol. The summed E-state index contributed by atoms with van der Waals surface area (Å²) in [6.45, 7) is 4.31. The van der Waals surface area contributed by atoms with E-state index >= 15 is 0 Å². The van der Waals surface area contributed by atoms with Gasteiger partial charge >= 0.3 is 0 Å². The lowest BCUT2D eigenvalue weighted by Gasteiger charge is -2.12. The van der Waals surface area contributed by atoms with E-state index in [-0.39, 0.29) is 11.2 Å². The van der Waals surface area contributed by atoms with Crippen LogP contribution in [0.15, 0.2) is 18.2 Å². The Morgan fingerprint density at radius 3 is 2.56 bits per heavy atom. The van der Waals surface area contributed by atoms with Gasteiger partial charge in [-0.25, -0.2) is 4.39 Å². The minimum atomic E-state index is -0.293. The molecule has 0 fully saturated rings. The van der Waals surface area contributed by atoms with Crippen LogP contribution in [0.5, 0.6) is 0 Å². The molecule has 0 radical (unpaired) electrons. The quantitative estimate of drug-likeness (QED) is 0.651. The summed E-state index contributed by atoms with van der Waals surface area (Å²) in [5.74, 6) is 0.310. The molecule has 0 spiro atoms. The van der Waals surface area contributed by atoms with Crippen LogP contribution in [0.25, 0.3) is 0 Å². The fourth-order valence-electron chi connectivity index (χ4n) is 1.67. The van der Waals surface area contributed by atoms with E-state index < -0.39 is 0 Å². The van der Waals surface area contributed by atoms with Crippen LogP contribution in [0, 0.1) is 11.7 Å². The van der Waals surface area contributed by atoms with E-state index in [4.69, 9.17) is 23.2 Å². The van der Waals surface area contributed by atoms with Crippen LogP contribution >= 0.6 is 23.2 Å². The predicted octanol–water partition coefficient (Wildman–Crippen LogP) is 5.07. The van der Waals surface area contributed by atoms with Crippen molar-refractivity contribution in [2.24, 2.45) is 5.92 Å². The van der Waals surface area contributed by atoms with E-state index in [1.165, 1.54) is 12.1 Å². The molecule has 1 atom stereocenters.